The largest absolute Gasteiger partial charge is 0.401 e. The molecule has 1 atom stereocenters. The van der Waals surface area contributed by atoms with Crippen LogP contribution < -0.4 is 5.32 Å². The van der Waals surface area contributed by atoms with Gasteiger partial charge >= 0.3 is 6.18 Å². The number of aromatic nitrogens is 2. The number of hydrogen-bond donors (Lipinski definition) is 2. The maximum Gasteiger partial charge on any atom is 0.401 e. The highest BCUT2D eigenvalue weighted by Crippen LogP contribution is 2.16. The van der Waals surface area contributed by atoms with E-state index in [9.17, 15) is 13.2 Å². The van der Waals surface area contributed by atoms with E-state index in [1.807, 2.05) is 6.92 Å². The molecule has 0 saturated heterocycles. The lowest BCUT2D eigenvalue weighted by atomic mass is 10.2. The summed E-state index contributed by atoms with van der Waals surface area (Å²) < 4.78 is 37.5. The number of aliphatic hydroxyl groups is 1. The average molecular weight is 237 g/mol. The molecule has 1 rings (SSSR count). The van der Waals surface area contributed by atoms with Crippen molar-refractivity contribution in [3.63, 3.8) is 0 Å². The van der Waals surface area contributed by atoms with E-state index in [0.29, 0.717) is 12.1 Å². The summed E-state index contributed by atoms with van der Waals surface area (Å²) in [6, 6.07) is -0.734. The van der Waals surface area contributed by atoms with Gasteiger partial charge < -0.3 is 5.11 Å². The molecule has 0 aliphatic rings. The molecule has 0 aliphatic carbocycles. The summed E-state index contributed by atoms with van der Waals surface area (Å²) >= 11 is 0. The van der Waals surface area contributed by atoms with Crippen molar-refractivity contribution < 1.29 is 18.3 Å². The summed E-state index contributed by atoms with van der Waals surface area (Å²) in [4.78, 5) is 0. The van der Waals surface area contributed by atoms with Gasteiger partial charge in [-0.3, -0.25) is 10.00 Å². The Bertz CT molecular complexity index is 324. The molecule has 0 aliphatic heterocycles. The molecule has 0 bridgehead atoms. The lowest BCUT2D eigenvalue weighted by Crippen LogP contribution is -2.33. The number of hydrogen-bond acceptors (Lipinski definition) is 3. The Kier molecular flexibility index (Phi) is 4.31. The summed E-state index contributed by atoms with van der Waals surface area (Å²) in [7, 11) is 0. The minimum atomic E-state index is -4.28. The molecule has 0 spiro atoms. The number of aryl methyl sites for hydroxylation is 1. The van der Waals surface area contributed by atoms with Crippen molar-refractivity contribution in [1.82, 2.24) is 15.1 Å². The Hall–Kier alpha value is -1.08. The van der Waals surface area contributed by atoms with E-state index >= 15 is 0 Å². The molecule has 1 heterocycles. The zero-order valence-electron chi connectivity index (χ0n) is 8.83. The van der Waals surface area contributed by atoms with Crippen molar-refractivity contribution in [1.29, 1.82) is 0 Å². The molecule has 0 fully saturated rings. The molecule has 0 aromatic carbocycles. The number of nitrogens with zero attached hydrogens (tertiary/aromatic N) is 2. The first-order valence-electron chi connectivity index (χ1n) is 4.89. The van der Waals surface area contributed by atoms with Gasteiger partial charge in [0.1, 0.15) is 0 Å². The van der Waals surface area contributed by atoms with E-state index < -0.39 is 25.4 Å². The molecule has 1 aromatic heterocycles. The molecule has 1 aromatic rings. The van der Waals surface area contributed by atoms with E-state index in [4.69, 9.17) is 5.11 Å². The van der Waals surface area contributed by atoms with Crippen LogP contribution in [0.15, 0.2) is 12.4 Å². The van der Waals surface area contributed by atoms with Crippen molar-refractivity contribution >= 4 is 0 Å². The summed E-state index contributed by atoms with van der Waals surface area (Å²) in [5.41, 5.74) is 0.550. The second-order valence-electron chi connectivity index (χ2n) is 3.36. The molecule has 92 valence electrons. The highest BCUT2D eigenvalue weighted by Gasteiger charge is 2.28. The number of rotatable bonds is 5. The van der Waals surface area contributed by atoms with E-state index in [-0.39, 0.29) is 0 Å². The highest BCUT2D eigenvalue weighted by atomic mass is 19.4. The van der Waals surface area contributed by atoms with Gasteiger partial charge in [0.25, 0.3) is 0 Å². The van der Waals surface area contributed by atoms with Gasteiger partial charge in [0.2, 0.25) is 0 Å². The van der Waals surface area contributed by atoms with Gasteiger partial charge in [-0.2, -0.15) is 18.3 Å². The van der Waals surface area contributed by atoms with Crippen molar-refractivity contribution in [3.8, 4) is 0 Å². The van der Waals surface area contributed by atoms with Crippen molar-refractivity contribution in [2.24, 2.45) is 0 Å². The van der Waals surface area contributed by atoms with Crippen LogP contribution in [0.25, 0.3) is 0 Å². The molecule has 0 radical (unpaired) electrons. The molecule has 4 nitrogen and oxygen atoms in total. The van der Waals surface area contributed by atoms with Crippen LogP contribution in [0.2, 0.25) is 0 Å². The summed E-state index contributed by atoms with van der Waals surface area (Å²) in [5, 5.41) is 15.2. The van der Waals surface area contributed by atoms with Crippen molar-refractivity contribution in [2.45, 2.75) is 25.7 Å². The lowest BCUT2D eigenvalue weighted by Gasteiger charge is -2.15. The Morgan fingerprint density at radius 2 is 2.25 bits per heavy atom. The summed E-state index contributed by atoms with van der Waals surface area (Å²) in [5.74, 6) is 0. The molecule has 16 heavy (non-hydrogen) atoms. The fraction of sp³-hybridized carbons (Fsp3) is 0.667. The second-order valence-corrected chi connectivity index (χ2v) is 3.36. The topological polar surface area (TPSA) is 50.1 Å². The second kappa shape index (κ2) is 5.31. The fourth-order valence-electron chi connectivity index (χ4n) is 1.26. The predicted octanol–water partition coefficient (Wildman–Crippen LogP) is 1.09. The molecule has 2 N–H and O–H groups in total. The number of halogens is 3. The molecule has 0 saturated carbocycles. The Balaban J connectivity index is 2.60. The molecular weight excluding hydrogens is 223 g/mol. The summed E-state index contributed by atoms with van der Waals surface area (Å²) in [6.07, 6.45) is -1.22. The molecule has 1 unspecified atom stereocenters. The minimum Gasteiger partial charge on any atom is -0.394 e. The van der Waals surface area contributed by atoms with Crippen LogP contribution in [0.4, 0.5) is 13.2 Å². The van der Waals surface area contributed by atoms with Crippen molar-refractivity contribution in [2.75, 3.05) is 13.2 Å². The quantitative estimate of drug-likeness (QED) is 0.806. The normalized spacial score (nSPS) is 14.1. The van der Waals surface area contributed by atoms with Crippen LogP contribution in [-0.4, -0.2) is 34.2 Å². The van der Waals surface area contributed by atoms with E-state index in [1.165, 1.54) is 6.20 Å². The smallest absolute Gasteiger partial charge is 0.394 e. The zero-order chi connectivity index (χ0) is 12.2. The average Bonchev–Trinajstić information content (AvgIpc) is 2.65. The van der Waals surface area contributed by atoms with Gasteiger partial charge in [-0.25, -0.2) is 0 Å². The number of aliphatic hydroxyl groups excluding tert-OH is 1. The van der Waals surface area contributed by atoms with Gasteiger partial charge in [0, 0.05) is 18.3 Å². The monoisotopic (exact) mass is 237 g/mol. The lowest BCUT2D eigenvalue weighted by molar-refractivity contribution is -0.126. The number of alkyl halides is 3. The van der Waals surface area contributed by atoms with E-state index in [2.05, 4.69) is 10.4 Å². The van der Waals surface area contributed by atoms with Crippen LogP contribution in [0, 0.1) is 0 Å². The van der Waals surface area contributed by atoms with E-state index in [1.54, 1.807) is 10.9 Å². The maximum atomic E-state index is 12.0. The zero-order valence-corrected chi connectivity index (χ0v) is 8.83. The van der Waals surface area contributed by atoms with Gasteiger partial charge in [0.05, 0.1) is 25.4 Å². The van der Waals surface area contributed by atoms with Crippen LogP contribution in [0.3, 0.4) is 0 Å². The first kappa shape index (κ1) is 13.0. The highest BCUT2D eigenvalue weighted by molar-refractivity contribution is 5.10. The van der Waals surface area contributed by atoms with Gasteiger partial charge in [-0.1, -0.05) is 0 Å². The van der Waals surface area contributed by atoms with Crippen LogP contribution in [-0.2, 0) is 6.54 Å². The molecule has 7 heteroatoms. The standard InChI is InChI=1S/C9H14F3N3O/c1-2-15-4-7(3-14-15)8(5-16)13-6-9(10,11)12/h3-4,8,13,16H,2,5-6H2,1H3. The van der Waals surface area contributed by atoms with Crippen LogP contribution in [0.1, 0.15) is 18.5 Å². The molecular formula is C9H14F3N3O. The third-order valence-corrected chi connectivity index (χ3v) is 2.11. The third kappa shape index (κ3) is 3.82. The summed E-state index contributed by atoms with van der Waals surface area (Å²) in [6.45, 7) is 0.978. The van der Waals surface area contributed by atoms with Crippen LogP contribution in [0.5, 0.6) is 0 Å². The Labute approximate surface area is 91.1 Å². The minimum absolute atomic E-state index is 0.397. The van der Waals surface area contributed by atoms with E-state index in [0.717, 1.165) is 0 Å². The first-order chi connectivity index (χ1) is 7.46. The predicted molar refractivity (Wildman–Crippen MR) is 51.8 cm³/mol. The van der Waals surface area contributed by atoms with Crippen molar-refractivity contribution in [3.05, 3.63) is 18.0 Å². The van der Waals surface area contributed by atoms with Gasteiger partial charge in [-0.15, -0.1) is 0 Å². The maximum absolute atomic E-state index is 12.0. The van der Waals surface area contributed by atoms with Gasteiger partial charge in [-0.05, 0) is 6.92 Å². The Morgan fingerprint density at radius 3 is 2.69 bits per heavy atom. The third-order valence-electron chi connectivity index (χ3n) is 2.11. The fourth-order valence-corrected chi connectivity index (χ4v) is 1.26. The number of nitrogens with one attached hydrogen (secondary N) is 1. The first-order valence-corrected chi connectivity index (χ1v) is 4.89. The van der Waals surface area contributed by atoms with Crippen LogP contribution >= 0.6 is 0 Å². The molecule has 0 amide bonds. The SMILES string of the molecule is CCn1cc(C(CO)NCC(F)(F)F)cn1. The Morgan fingerprint density at radius 1 is 1.56 bits per heavy atom. The van der Waals surface area contributed by atoms with Gasteiger partial charge in [0.15, 0.2) is 0 Å².